The van der Waals surface area contributed by atoms with Crippen LogP contribution in [-0.2, 0) is 0 Å². The highest BCUT2D eigenvalue weighted by Crippen LogP contribution is 2.16. The highest BCUT2D eigenvalue weighted by Gasteiger charge is 2.06. The number of nitrogens with zero attached hydrogens (tertiary/aromatic N) is 2. The number of pyridine rings is 1. The van der Waals surface area contributed by atoms with E-state index in [0.717, 1.165) is 24.3 Å². The summed E-state index contributed by atoms with van der Waals surface area (Å²) in [6.45, 7) is 3.15. The zero-order valence-corrected chi connectivity index (χ0v) is 11.8. The molecule has 1 atom stereocenters. The Morgan fingerprint density at radius 1 is 1.47 bits per heavy atom. The molecule has 96 valence electrons. The zero-order chi connectivity index (χ0) is 12.7. The SMILES string of the molecule is CC[C@@H](N)c1ccc(N(C)CCCSC)cn1. The zero-order valence-electron chi connectivity index (χ0n) is 11.0. The third kappa shape index (κ3) is 4.56. The summed E-state index contributed by atoms with van der Waals surface area (Å²) in [5.74, 6) is 1.20. The molecule has 0 spiro atoms. The van der Waals surface area contributed by atoms with Crippen LogP contribution in [-0.4, -0.2) is 30.6 Å². The molecule has 1 aromatic rings. The van der Waals surface area contributed by atoms with E-state index in [9.17, 15) is 0 Å². The molecular weight excluding hydrogens is 230 g/mol. The van der Waals surface area contributed by atoms with Crippen molar-refractivity contribution in [2.75, 3.05) is 30.5 Å². The van der Waals surface area contributed by atoms with Crippen LogP contribution >= 0.6 is 11.8 Å². The van der Waals surface area contributed by atoms with Gasteiger partial charge in [-0.3, -0.25) is 4.98 Å². The Kier molecular flexibility index (Phi) is 6.37. The molecular formula is C13H23N3S. The second kappa shape index (κ2) is 7.56. The summed E-state index contributed by atoms with van der Waals surface area (Å²) in [7, 11) is 2.11. The Hall–Kier alpha value is -0.740. The Morgan fingerprint density at radius 2 is 2.24 bits per heavy atom. The average Bonchev–Trinajstić information content (AvgIpc) is 2.38. The molecule has 2 N–H and O–H groups in total. The maximum absolute atomic E-state index is 5.94. The molecule has 0 radical (unpaired) electrons. The monoisotopic (exact) mass is 253 g/mol. The summed E-state index contributed by atoms with van der Waals surface area (Å²) < 4.78 is 0. The van der Waals surface area contributed by atoms with Gasteiger partial charge in [0.15, 0.2) is 0 Å². The quantitative estimate of drug-likeness (QED) is 0.759. The van der Waals surface area contributed by atoms with E-state index in [1.807, 2.05) is 24.0 Å². The highest BCUT2D eigenvalue weighted by atomic mass is 32.2. The number of aromatic nitrogens is 1. The van der Waals surface area contributed by atoms with Crippen LogP contribution in [0, 0.1) is 0 Å². The van der Waals surface area contributed by atoms with E-state index in [4.69, 9.17) is 5.73 Å². The van der Waals surface area contributed by atoms with E-state index in [-0.39, 0.29) is 6.04 Å². The van der Waals surface area contributed by atoms with Crippen molar-refractivity contribution in [2.24, 2.45) is 5.73 Å². The number of anilines is 1. The Morgan fingerprint density at radius 3 is 2.76 bits per heavy atom. The van der Waals surface area contributed by atoms with E-state index >= 15 is 0 Å². The predicted octanol–water partition coefficient (Wildman–Crippen LogP) is 2.68. The van der Waals surface area contributed by atoms with Crippen molar-refractivity contribution >= 4 is 17.4 Å². The third-order valence-corrected chi connectivity index (χ3v) is 3.57. The molecule has 0 aliphatic carbocycles. The summed E-state index contributed by atoms with van der Waals surface area (Å²) in [4.78, 5) is 6.67. The number of hydrogen-bond donors (Lipinski definition) is 1. The first-order valence-electron chi connectivity index (χ1n) is 6.10. The van der Waals surface area contributed by atoms with Crippen molar-refractivity contribution in [3.05, 3.63) is 24.0 Å². The molecule has 17 heavy (non-hydrogen) atoms. The molecule has 0 saturated carbocycles. The van der Waals surface area contributed by atoms with Gasteiger partial charge >= 0.3 is 0 Å². The molecule has 0 saturated heterocycles. The average molecular weight is 253 g/mol. The minimum absolute atomic E-state index is 0.0610. The van der Waals surface area contributed by atoms with Crippen LogP contribution in [0.1, 0.15) is 31.5 Å². The third-order valence-electron chi connectivity index (χ3n) is 2.87. The molecule has 3 nitrogen and oxygen atoms in total. The second-order valence-corrected chi connectivity index (χ2v) is 5.21. The minimum Gasteiger partial charge on any atom is -0.373 e. The van der Waals surface area contributed by atoms with Crippen molar-refractivity contribution in [3.63, 3.8) is 0 Å². The lowest BCUT2D eigenvalue weighted by Crippen LogP contribution is -2.19. The fourth-order valence-corrected chi connectivity index (χ4v) is 2.04. The summed E-state index contributed by atoms with van der Waals surface area (Å²) in [6.07, 6.45) is 6.19. The van der Waals surface area contributed by atoms with Crippen LogP contribution in [0.3, 0.4) is 0 Å². The maximum atomic E-state index is 5.94. The Labute approximate surface area is 109 Å². The van der Waals surface area contributed by atoms with E-state index in [0.29, 0.717) is 0 Å². The molecule has 0 amide bonds. The molecule has 1 rings (SSSR count). The van der Waals surface area contributed by atoms with Crippen LogP contribution < -0.4 is 10.6 Å². The van der Waals surface area contributed by atoms with Crippen molar-refractivity contribution < 1.29 is 0 Å². The van der Waals surface area contributed by atoms with Crippen LogP contribution in [0.2, 0.25) is 0 Å². The number of hydrogen-bond acceptors (Lipinski definition) is 4. The number of thioether (sulfide) groups is 1. The summed E-state index contributed by atoms with van der Waals surface area (Å²) in [5, 5.41) is 0. The van der Waals surface area contributed by atoms with Gasteiger partial charge in [-0.2, -0.15) is 11.8 Å². The molecule has 0 aromatic carbocycles. The highest BCUT2D eigenvalue weighted by molar-refractivity contribution is 7.98. The lowest BCUT2D eigenvalue weighted by molar-refractivity contribution is 0.675. The van der Waals surface area contributed by atoms with Crippen molar-refractivity contribution in [1.29, 1.82) is 0 Å². The molecule has 0 fully saturated rings. The van der Waals surface area contributed by atoms with E-state index in [1.54, 1.807) is 0 Å². The van der Waals surface area contributed by atoms with Gasteiger partial charge < -0.3 is 10.6 Å². The predicted molar refractivity (Wildman–Crippen MR) is 77.7 cm³/mol. The normalized spacial score (nSPS) is 12.5. The van der Waals surface area contributed by atoms with Gasteiger partial charge in [-0.15, -0.1) is 0 Å². The van der Waals surface area contributed by atoms with E-state index in [1.165, 1.54) is 12.2 Å². The van der Waals surface area contributed by atoms with Gasteiger partial charge in [0.1, 0.15) is 0 Å². The Balaban J connectivity index is 2.54. The molecule has 0 unspecified atom stereocenters. The topological polar surface area (TPSA) is 42.1 Å². The first kappa shape index (κ1) is 14.3. The molecule has 0 bridgehead atoms. The van der Waals surface area contributed by atoms with Crippen LogP contribution in [0.4, 0.5) is 5.69 Å². The van der Waals surface area contributed by atoms with Crippen LogP contribution in [0.5, 0.6) is 0 Å². The summed E-state index contributed by atoms with van der Waals surface area (Å²) in [5.41, 5.74) is 8.09. The molecule has 1 aromatic heterocycles. The smallest absolute Gasteiger partial charge is 0.0572 e. The van der Waals surface area contributed by atoms with Gasteiger partial charge in [0.05, 0.1) is 17.6 Å². The molecule has 0 aliphatic heterocycles. The molecule has 0 aliphatic rings. The first-order valence-corrected chi connectivity index (χ1v) is 7.50. The van der Waals surface area contributed by atoms with E-state index < -0.39 is 0 Å². The number of rotatable bonds is 7. The van der Waals surface area contributed by atoms with Crippen LogP contribution in [0.15, 0.2) is 18.3 Å². The molecule has 4 heteroatoms. The number of nitrogens with two attached hydrogens (primary N) is 1. The van der Waals surface area contributed by atoms with Crippen molar-refractivity contribution in [3.8, 4) is 0 Å². The Bertz CT molecular complexity index is 313. The standard InChI is InChI=1S/C13H23N3S/c1-4-12(14)13-7-6-11(10-15-13)16(2)8-5-9-17-3/h6-7,10,12H,4-5,8-9,14H2,1-3H3/t12-/m1/s1. The second-order valence-electron chi connectivity index (χ2n) is 4.22. The summed E-state index contributed by atoms with van der Waals surface area (Å²) in [6, 6.07) is 4.21. The van der Waals surface area contributed by atoms with Crippen LogP contribution in [0.25, 0.3) is 0 Å². The van der Waals surface area contributed by atoms with Gasteiger partial charge in [0.2, 0.25) is 0 Å². The van der Waals surface area contributed by atoms with Crippen molar-refractivity contribution in [1.82, 2.24) is 4.98 Å². The van der Waals surface area contributed by atoms with E-state index in [2.05, 4.69) is 36.2 Å². The van der Waals surface area contributed by atoms with Crippen molar-refractivity contribution in [2.45, 2.75) is 25.8 Å². The largest absolute Gasteiger partial charge is 0.373 e. The fourth-order valence-electron chi connectivity index (χ4n) is 1.63. The van der Waals surface area contributed by atoms with Gasteiger partial charge in [0, 0.05) is 19.6 Å². The van der Waals surface area contributed by atoms with Gasteiger partial charge in [-0.1, -0.05) is 6.92 Å². The minimum atomic E-state index is 0.0610. The first-order chi connectivity index (χ1) is 8.19. The lowest BCUT2D eigenvalue weighted by atomic mass is 10.1. The fraction of sp³-hybridized carbons (Fsp3) is 0.615. The lowest BCUT2D eigenvalue weighted by Gasteiger charge is -2.19. The summed E-state index contributed by atoms with van der Waals surface area (Å²) >= 11 is 1.89. The molecule has 1 heterocycles. The maximum Gasteiger partial charge on any atom is 0.0572 e. The van der Waals surface area contributed by atoms with Gasteiger partial charge in [-0.05, 0) is 37.0 Å². The van der Waals surface area contributed by atoms with Gasteiger partial charge in [0.25, 0.3) is 0 Å². The van der Waals surface area contributed by atoms with Gasteiger partial charge in [-0.25, -0.2) is 0 Å².